The van der Waals surface area contributed by atoms with Crippen LogP contribution in [0.5, 0.6) is 0 Å². The quantitative estimate of drug-likeness (QED) is 0.146. The van der Waals surface area contributed by atoms with Gasteiger partial charge in [-0.1, -0.05) is 71.3 Å². The molecule has 5 rings (SSSR count). The Bertz CT molecular complexity index is 1220. The Balaban J connectivity index is 1.23. The first-order chi connectivity index (χ1) is 24.2. The highest BCUT2D eigenvalue weighted by atomic mass is 16.7. The van der Waals surface area contributed by atoms with Crippen molar-refractivity contribution >= 4 is 0 Å². The van der Waals surface area contributed by atoms with Crippen LogP contribution in [0.4, 0.5) is 0 Å². The second-order valence-corrected chi connectivity index (χ2v) is 16.6. The molecule has 16 atom stereocenters. The monoisotopic (exact) mass is 724 g/mol. The summed E-state index contributed by atoms with van der Waals surface area (Å²) in [6.45, 7) is 12.4. The van der Waals surface area contributed by atoms with Crippen LogP contribution >= 0.6 is 0 Å². The predicted octanol–water partition coefficient (Wildman–Crippen LogP) is 2.24. The standard InChI is InChI=1S/C39H64O12/c1-20(2)8-6-9-21(3)26-13-14-27-23(10-7-15-39(26,27)5)11-12-24-16-25(17-28(42)22(24)4)48-37-35(47)33(45)36(30(19-41)50-37)51-38-34(46)32(44)31(43)29(18-40)49-38/h11-12,20-21,25-38,40-47H,4,6-10,13-19H2,1-3,5H3/t21?,25-,26-,27+,28+,29-,30-,31?,32+,33-,34-,35-,36-,37?,38+,39-/m1/s1. The number of aliphatic hydroxyl groups is 8. The molecule has 12 heteroatoms. The highest BCUT2D eigenvalue weighted by Gasteiger charge is 2.52. The van der Waals surface area contributed by atoms with Crippen LogP contribution < -0.4 is 0 Å². The van der Waals surface area contributed by atoms with Gasteiger partial charge in [0.15, 0.2) is 12.6 Å². The summed E-state index contributed by atoms with van der Waals surface area (Å²) >= 11 is 0. The molecule has 51 heavy (non-hydrogen) atoms. The van der Waals surface area contributed by atoms with Gasteiger partial charge in [0.05, 0.1) is 25.4 Å². The molecule has 8 N–H and O–H groups in total. The third-order valence-corrected chi connectivity index (χ3v) is 12.7. The SMILES string of the molecule is C=C1C(=CC=C2CCC[C@]3(C)[C@@H](C(C)CCCC(C)C)CC[C@@H]23)C[C@@H](OC2O[C@H](CO)[C@@H](O[C@@H]3O[C@H](CO)C(O)[C@H](O)[C@H]3O)[C@H](O)[C@H]2O)C[C@@H]1O. The summed E-state index contributed by atoms with van der Waals surface area (Å²) in [5, 5.41) is 83.3. The zero-order valence-corrected chi connectivity index (χ0v) is 30.8. The van der Waals surface area contributed by atoms with E-state index in [0.29, 0.717) is 23.8 Å². The van der Waals surface area contributed by atoms with E-state index in [4.69, 9.17) is 18.9 Å². The van der Waals surface area contributed by atoms with Crippen molar-refractivity contribution in [1.29, 1.82) is 0 Å². The van der Waals surface area contributed by atoms with E-state index in [1.54, 1.807) is 0 Å². The average Bonchev–Trinajstić information content (AvgIpc) is 3.46. The molecule has 0 aromatic rings. The summed E-state index contributed by atoms with van der Waals surface area (Å²) in [6, 6.07) is 0. The minimum absolute atomic E-state index is 0.196. The lowest BCUT2D eigenvalue weighted by Crippen LogP contribution is -2.65. The van der Waals surface area contributed by atoms with Gasteiger partial charge in [-0.05, 0) is 78.8 Å². The van der Waals surface area contributed by atoms with Crippen LogP contribution in [0.1, 0.15) is 91.9 Å². The minimum Gasteiger partial charge on any atom is -0.394 e. The fourth-order valence-electron chi connectivity index (χ4n) is 9.67. The van der Waals surface area contributed by atoms with E-state index in [2.05, 4.69) is 46.4 Å². The van der Waals surface area contributed by atoms with Crippen LogP contribution in [-0.2, 0) is 18.9 Å². The molecule has 2 heterocycles. The molecule has 292 valence electrons. The van der Waals surface area contributed by atoms with Crippen molar-refractivity contribution in [2.45, 2.75) is 166 Å². The van der Waals surface area contributed by atoms with Gasteiger partial charge in [-0.15, -0.1) is 0 Å². The first kappa shape index (κ1) is 40.9. The van der Waals surface area contributed by atoms with Gasteiger partial charge in [0, 0.05) is 6.42 Å². The maximum absolute atomic E-state index is 11.1. The largest absolute Gasteiger partial charge is 0.394 e. The van der Waals surface area contributed by atoms with Crippen molar-refractivity contribution in [3.63, 3.8) is 0 Å². The summed E-state index contributed by atoms with van der Waals surface area (Å²) in [5.41, 5.74) is 3.23. The number of fused-ring (bicyclic) bond motifs is 1. The van der Waals surface area contributed by atoms with E-state index in [1.165, 1.54) is 50.5 Å². The number of hydrogen-bond donors (Lipinski definition) is 8. The normalized spacial score (nSPS) is 45.8. The molecule has 12 nitrogen and oxygen atoms in total. The van der Waals surface area contributed by atoms with Crippen LogP contribution in [0.15, 0.2) is 35.5 Å². The Hall–Kier alpha value is -1.26. The zero-order chi connectivity index (χ0) is 37.2. The molecule has 2 aliphatic heterocycles. The molecular formula is C39H64O12. The van der Waals surface area contributed by atoms with Crippen LogP contribution in [-0.4, -0.2) is 128 Å². The van der Waals surface area contributed by atoms with Crippen LogP contribution in [0.25, 0.3) is 0 Å². The summed E-state index contributed by atoms with van der Waals surface area (Å²) < 4.78 is 23.0. The van der Waals surface area contributed by atoms with Gasteiger partial charge >= 0.3 is 0 Å². The molecule has 0 bridgehead atoms. The second-order valence-electron chi connectivity index (χ2n) is 16.6. The Kier molecular flexibility index (Phi) is 14.0. The van der Waals surface area contributed by atoms with Gasteiger partial charge in [-0.2, -0.15) is 0 Å². The van der Waals surface area contributed by atoms with Crippen LogP contribution in [0.2, 0.25) is 0 Å². The highest BCUT2D eigenvalue weighted by molar-refractivity contribution is 5.39. The van der Waals surface area contributed by atoms with E-state index >= 15 is 0 Å². The maximum atomic E-state index is 11.1. The lowest BCUT2D eigenvalue weighted by atomic mass is 9.60. The molecule has 2 saturated heterocycles. The fraction of sp³-hybridized carbons (Fsp3) is 0.846. The summed E-state index contributed by atoms with van der Waals surface area (Å²) in [7, 11) is 0. The molecule has 0 radical (unpaired) electrons. The summed E-state index contributed by atoms with van der Waals surface area (Å²) in [5.74, 6) is 2.70. The Morgan fingerprint density at radius 1 is 0.843 bits per heavy atom. The molecule has 0 spiro atoms. The first-order valence-electron chi connectivity index (χ1n) is 19.2. The lowest BCUT2D eigenvalue weighted by molar-refractivity contribution is -0.363. The molecule has 5 aliphatic rings. The van der Waals surface area contributed by atoms with E-state index in [1.807, 2.05) is 0 Å². The molecule has 0 aromatic heterocycles. The topological polar surface area (TPSA) is 199 Å². The smallest absolute Gasteiger partial charge is 0.187 e. The van der Waals surface area contributed by atoms with Crippen LogP contribution in [0, 0.1) is 29.1 Å². The van der Waals surface area contributed by atoms with Gasteiger partial charge in [0.1, 0.15) is 48.8 Å². The van der Waals surface area contributed by atoms with E-state index in [-0.39, 0.29) is 11.8 Å². The van der Waals surface area contributed by atoms with Gasteiger partial charge in [-0.3, -0.25) is 0 Å². The van der Waals surface area contributed by atoms with Crippen molar-refractivity contribution in [2.75, 3.05) is 13.2 Å². The number of aliphatic hydroxyl groups excluding tert-OH is 8. The summed E-state index contributed by atoms with van der Waals surface area (Å²) in [4.78, 5) is 0. The molecule has 0 aromatic carbocycles. The summed E-state index contributed by atoms with van der Waals surface area (Å²) in [6.07, 6.45) is -2.09. The van der Waals surface area contributed by atoms with Crippen molar-refractivity contribution < 1.29 is 59.8 Å². The maximum Gasteiger partial charge on any atom is 0.187 e. The number of allylic oxidation sites excluding steroid dienone is 3. The molecule has 3 saturated carbocycles. The van der Waals surface area contributed by atoms with Crippen molar-refractivity contribution in [1.82, 2.24) is 0 Å². The van der Waals surface area contributed by atoms with E-state index in [9.17, 15) is 40.9 Å². The fourth-order valence-corrected chi connectivity index (χ4v) is 9.67. The molecule has 3 unspecified atom stereocenters. The number of rotatable bonds is 12. The molecule has 3 aliphatic carbocycles. The lowest BCUT2D eigenvalue weighted by Gasteiger charge is -2.46. The van der Waals surface area contributed by atoms with Gasteiger partial charge in [-0.25, -0.2) is 0 Å². The third-order valence-electron chi connectivity index (χ3n) is 12.7. The van der Waals surface area contributed by atoms with Gasteiger partial charge in [0.2, 0.25) is 0 Å². The van der Waals surface area contributed by atoms with Gasteiger partial charge in [0.25, 0.3) is 0 Å². The first-order valence-corrected chi connectivity index (χ1v) is 19.2. The molecular weight excluding hydrogens is 660 g/mol. The third kappa shape index (κ3) is 8.84. The van der Waals surface area contributed by atoms with Gasteiger partial charge < -0.3 is 59.8 Å². The van der Waals surface area contributed by atoms with Crippen molar-refractivity contribution in [3.05, 3.63) is 35.5 Å². The number of ether oxygens (including phenoxy) is 4. The Morgan fingerprint density at radius 2 is 1.51 bits per heavy atom. The van der Waals surface area contributed by atoms with Crippen molar-refractivity contribution in [3.8, 4) is 0 Å². The van der Waals surface area contributed by atoms with E-state index < -0.39 is 86.8 Å². The average molecular weight is 725 g/mol. The minimum atomic E-state index is -1.75. The van der Waals surface area contributed by atoms with E-state index in [0.717, 1.165) is 23.8 Å². The Morgan fingerprint density at radius 3 is 2.20 bits per heavy atom. The Labute approximate surface area is 302 Å². The second kappa shape index (κ2) is 17.5. The molecule has 0 amide bonds. The predicted molar refractivity (Wildman–Crippen MR) is 188 cm³/mol. The highest BCUT2D eigenvalue weighted by Crippen LogP contribution is 2.60. The van der Waals surface area contributed by atoms with Crippen molar-refractivity contribution in [2.24, 2.45) is 29.1 Å². The van der Waals surface area contributed by atoms with Crippen LogP contribution in [0.3, 0.4) is 0 Å². The zero-order valence-electron chi connectivity index (χ0n) is 30.8. The number of hydrogen-bond acceptors (Lipinski definition) is 12. The molecule has 5 fully saturated rings.